The third kappa shape index (κ3) is 2.50. The predicted octanol–water partition coefficient (Wildman–Crippen LogP) is 5.69. The maximum atomic E-state index is 6.21. The van der Waals surface area contributed by atoms with Crippen LogP contribution in [0.15, 0.2) is 71.2 Å². The summed E-state index contributed by atoms with van der Waals surface area (Å²) < 4.78 is 6.09. The van der Waals surface area contributed by atoms with Gasteiger partial charge in [0.05, 0.1) is 5.56 Å². The first kappa shape index (κ1) is 15.3. The Balaban J connectivity index is 1.71. The summed E-state index contributed by atoms with van der Waals surface area (Å²) in [7, 11) is 0. The van der Waals surface area contributed by atoms with Crippen LogP contribution >= 0.6 is 11.6 Å². The van der Waals surface area contributed by atoms with Crippen LogP contribution in [0.2, 0.25) is 5.28 Å². The van der Waals surface area contributed by atoms with E-state index in [0.29, 0.717) is 11.6 Å². The standard InChI is InChI=1S/C21H14ClN3O/c22-21-24-19(13-7-2-1-3-8-13)23-20(25-21)16-11-6-10-15-14-9-4-5-12-17(14)26-18(15)16/h1-7,9-13H,8H2. The maximum Gasteiger partial charge on any atom is 0.226 e. The molecule has 0 bridgehead atoms. The molecule has 0 saturated carbocycles. The van der Waals surface area contributed by atoms with Crippen LogP contribution in [0.1, 0.15) is 18.2 Å². The maximum absolute atomic E-state index is 6.21. The highest BCUT2D eigenvalue weighted by Gasteiger charge is 2.18. The van der Waals surface area contributed by atoms with Gasteiger partial charge in [0.25, 0.3) is 0 Å². The second-order valence-electron chi connectivity index (χ2n) is 6.22. The van der Waals surface area contributed by atoms with Crippen LogP contribution in [0.25, 0.3) is 33.3 Å². The van der Waals surface area contributed by atoms with Crippen molar-refractivity contribution in [2.24, 2.45) is 0 Å². The highest BCUT2D eigenvalue weighted by molar-refractivity contribution is 6.28. The number of para-hydroxylation sites is 2. The van der Waals surface area contributed by atoms with E-state index in [-0.39, 0.29) is 11.2 Å². The van der Waals surface area contributed by atoms with Gasteiger partial charge in [0.2, 0.25) is 5.28 Å². The fraction of sp³-hybridized carbons (Fsp3) is 0.0952. The topological polar surface area (TPSA) is 51.8 Å². The monoisotopic (exact) mass is 359 g/mol. The molecule has 2 heterocycles. The summed E-state index contributed by atoms with van der Waals surface area (Å²) in [4.78, 5) is 13.4. The molecule has 0 spiro atoms. The van der Waals surface area contributed by atoms with Crippen molar-refractivity contribution in [3.8, 4) is 11.4 Å². The number of nitrogens with zero attached hydrogens (tertiary/aromatic N) is 3. The quantitative estimate of drug-likeness (QED) is 0.461. The minimum absolute atomic E-state index is 0.106. The minimum Gasteiger partial charge on any atom is -0.455 e. The van der Waals surface area contributed by atoms with Crippen LogP contribution in [0.4, 0.5) is 0 Å². The molecule has 1 aliphatic carbocycles. The number of hydrogen-bond donors (Lipinski definition) is 0. The molecule has 4 aromatic rings. The van der Waals surface area contributed by atoms with E-state index in [0.717, 1.165) is 33.9 Å². The zero-order valence-electron chi connectivity index (χ0n) is 13.8. The Kier molecular flexibility index (Phi) is 3.57. The van der Waals surface area contributed by atoms with Crippen molar-refractivity contribution < 1.29 is 4.42 Å². The Morgan fingerprint density at radius 3 is 2.69 bits per heavy atom. The summed E-state index contributed by atoms with van der Waals surface area (Å²) in [6.45, 7) is 0. The summed E-state index contributed by atoms with van der Waals surface area (Å²) in [6.07, 6.45) is 9.06. The van der Waals surface area contributed by atoms with Gasteiger partial charge in [-0.2, -0.15) is 4.98 Å². The lowest BCUT2D eigenvalue weighted by Gasteiger charge is -2.12. The largest absolute Gasteiger partial charge is 0.455 e. The number of fused-ring (bicyclic) bond motifs is 3. The predicted molar refractivity (Wildman–Crippen MR) is 103 cm³/mol. The Bertz CT molecular complexity index is 1190. The van der Waals surface area contributed by atoms with Crippen molar-refractivity contribution in [3.63, 3.8) is 0 Å². The molecule has 26 heavy (non-hydrogen) atoms. The lowest BCUT2D eigenvalue weighted by atomic mass is 10.00. The van der Waals surface area contributed by atoms with Crippen molar-refractivity contribution in [1.82, 2.24) is 15.0 Å². The summed E-state index contributed by atoms with van der Waals surface area (Å²) >= 11 is 6.21. The first-order valence-electron chi connectivity index (χ1n) is 8.45. The lowest BCUT2D eigenvalue weighted by molar-refractivity contribution is 0.669. The number of hydrogen-bond acceptors (Lipinski definition) is 4. The van der Waals surface area contributed by atoms with Gasteiger partial charge in [-0.1, -0.05) is 54.6 Å². The number of aromatic nitrogens is 3. The molecular weight excluding hydrogens is 346 g/mol. The van der Waals surface area contributed by atoms with Gasteiger partial charge in [0.15, 0.2) is 5.82 Å². The Morgan fingerprint density at radius 2 is 1.81 bits per heavy atom. The molecule has 0 fully saturated rings. The zero-order chi connectivity index (χ0) is 17.5. The Labute approximate surface area is 154 Å². The average Bonchev–Trinajstić information content (AvgIpc) is 3.07. The molecule has 0 saturated heterocycles. The molecule has 2 aromatic carbocycles. The molecule has 1 unspecified atom stereocenters. The van der Waals surface area contributed by atoms with Crippen molar-refractivity contribution in [2.75, 3.05) is 0 Å². The van der Waals surface area contributed by atoms with Crippen molar-refractivity contribution in [2.45, 2.75) is 12.3 Å². The number of allylic oxidation sites excluding steroid dienone is 4. The van der Waals surface area contributed by atoms with Crippen molar-refractivity contribution >= 4 is 33.5 Å². The van der Waals surface area contributed by atoms with E-state index in [9.17, 15) is 0 Å². The first-order chi connectivity index (χ1) is 12.8. The molecule has 0 aliphatic heterocycles. The highest BCUT2D eigenvalue weighted by Crippen LogP contribution is 2.35. The highest BCUT2D eigenvalue weighted by atomic mass is 35.5. The SMILES string of the molecule is Clc1nc(-c2cccc3c2oc2ccccc23)nc(C2C=CC=CC2)n1. The first-order valence-corrected chi connectivity index (χ1v) is 8.83. The van der Waals surface area contributed by atoms with E-state index in [4.69, 9.17) is 21.0 Å². The molecular formula is C21H14ClN3O. The Morgan fingerprint density at radius 1 is 0.923 bits per heavy atom. The fourth-order valence-electron chi connectivity index (χ4n) is 3.35. The second-order valence-corrected chi connectivity index (χ2v) is 6.56. The van der Waals surface area contributed by atoms with E-state index in [1.54, 1.807) is 0 Å². The average molecular weight is 360 g/mol. The van der Waals surface area contributed by atoms with E-state index < -0.39 is 0 Å². The third-order valence-electron chi connectivity index (χ3n) is 4.58. The number of rotatable bonds is 2. The molecule has 1 aliphatic rings. The molecule has 4 nitrogen and oxygen atoms in total. The van der Waals surface area contributed by atoms with Crippen molar-refractivity contribution in [1.29, 1.82) is 0 Å². The number of furan rings is 1. The van der Waals surface area contributed by atoms with Gasteiger partial charge >= 0.3 is 0 Å². The summed E-state index contributed by atoms with van der Waals surface area (Å²) in [5.74, 6) is 1.32. The van der Waals surface area contributed by atoms with E-state index in [2.05, 4.69) is 28.2 Å². The minimum atomic E-state index is 0.106. The van der Waals surface area contributed by atoms with Gasteiger partial charge < -0.3 is 4.42 Å². The molecule has 1 atom stereocenters. The van der Waals surface area contributed by atoms with E-state index >= 15 is 0 Å². The molecule has 0 radical (unpaired) electrons. The molecule has 2 aromatic heterocycles. The third-order valence-corrected chi connectivity index (χ3v) is 4.75. The van der Waals surface area contributed by atoms with E-state index in [1.165, 1.54) is 0 Å². The molecule has 5 heteroatoms. The van der Waals surface area contributed by atoms with Crippen LogP contribution in [-0.2, 0) is 0 Å². The van der Waals surface area contributed by atoms with Gasteiger partial charge in [-0.3, -0.25) is 0 Å². The molecule has 0 N–H and O–H groups in total. The summed E-state index contributed by atoms with van der Waals surface area (Å²) in [5.41, 5.74) is 2.43. The van der Waals surface area contributed by atoms with Gasteiger partial charge in [-0.15, -0.1) is 0 Å². The number of halogens is 1. The van der Waals surface area contributed by atoms with Gasteiger partial charge in [0.1, 0.15) is 17.0 Å². The van der Waals surface area contributed by atoms with Gasteiger partial charge in [0, 0.05) is 16.7 Å². The molecule has 0 amide bonds. The van der Waals surface area contributed by atoms with Crippen LogP contribution in [-0.4, -0.2) is 15.0 Å². The van der Waals surface area contributed by atoms with E-state index in [1.807, 2.05) is 48.6 Å². The summed E-state index contributed by atoms with van der Waals surface area (Å²) in [5, 5.41) is 2.31. The smallest absolute Gasteiger partial charge is 0.226 e. The fourth-order valence-corrected chi connectivity index (χ4v) is 3.51. The zero-order valence-corrected chi connectivity index (χ0v) is 14.5. The second kappa shape index (κ2) is 6.07. The van der Waals surface area contributed by atoms with Crippen LogP contribution in [0.5, 0.6) is 0 Å². The van der Waals surface area contributed by atoms with Crippen LogP contribution in [0.3, 0.4) is 0 Å². The van der Waals surface area contributed by atoms with Crippen LogP contribution < -0.4 is 0 Å². The van der Waals surface area contributed by atoms with Crippen molar-refractivity contribution in [3.05, 3.63) is 77.9 Å². The Hall–Kier alpha value is -2.98. The van der Waals surface area contributed by atoms with Gasteiger partial charge in [-0.25, -0.2) is 9.97 Å². The lowest BCUT2D eigenvalue weighted by Crippen LogP contribution is -2.06. The van der Waals surface area contributed by atoms with Crippen LogP contribution in [0, 0.1) is 0 Å². The normalized spacial score (nSPS) is 16.6. The molecule has 126 valence electrons. The van der Waals surface area contributed by atoms with Gasteiger partial charge in [-0.05, 0) is 30.2 Å². The number of benzene rings is 2. The summed E-state index contributed by atoms with van der Waals surface area (Å²) in [6, 6.07) is 14.0. The molecule has 5 rings (SSSR count).